The molecule has 72 valence electrons. The molecule has 2 aromatic heterocycles. The fourth-order valence-electron chi connectivity index (χ4n) is 1.24. The van der Waals surface area contributed by atoms with Gasteiger partial charge in [0.2, 0.25) is 0 Å². The zero-order valence-electron chi connectivity index (χ0n) is 7.99. The highest BCUT2D eigenvalue weighted by Gasteiger charge is 1.98. The Balaban J connectivity index is 2.02. The van der Waals surface area contributed by atoms with Gasteiger partial charge in [0.05, 0.1) is 17.9 Å². The fourth-order valence-corrected chi connectivity index (χ4v) is 1.24. The zero-order chi connectivity index (χ0) is 9.80. The third-order valence-electron chi connectivity index (χ3n) is 2.01. The van der Waals surface area contributed by atoms with Crippen molar-refractivity contribution >= 4 is 5.69 Å². The van der Waals surface area contributed by atoms with E-state index in [1.54, 1.807) is 12.4 Å². The maximum Gasteiger partial charge on any atom is 0.125 e. The lowest BCUT2D eigenvalue weighted by atomic mass is 10.3. The molecular formula is C10H12N4. The van der Waals surface area contributed by atoms with Crippen LogP contribution in [0, 0.1) is 6.92 Å². The molecule has 4 nitrogen and oxygen atoms in total. The number of hydrogen-bond acceptors (Lipinski definition) is 3. The number of aromatic amines is 1. The lowest BCUT2D eigenvalue weighted by Gasteiger charge is -2.06. The normalized spacial score (nSPS) is 10.1. The molecule has 14 heavy (non-hydrogen) atoms. The van der Waals surface area contributed by atoms with Crippen LogP contribution in [0.25, 0.3) is 0 Å². The van der Waals surface area contributed by atoms with Gasteiger partial charge < -0.3 is 10.3 Å². The molecule has 0 aliphatic rings. The minimum Gasteiger partial charge on any atom is -0.376 e. The van der Waals surface area contributed by atoms with Crippen molar-refractivity contribution in [1.29, 1.82) is 0 Å². The quantitative estimate of drug-likeness (QED) is 0.771. The molecule has 4 heteroatoms. The number of aryl methyl sites for hydroxylation is 1. The number of nitrogens with zero attached hydrogens (tertiary/aromatic N) is 2. The second kappa shape index (κ2) is 3.91. The second-order valence-electron chi connectivity index (χ2n) is 3.03. The van der Waals surface area contributed by atoms with Crippen molar-refractivity contribution in [3.8, 4) is 0 Å². The summed E-state index contributed by atoms with van der Waals surface area (Å²) in [6.45, 7) is 2.67. The monoisotopic (exact) mass is 188 g/mol. The molecule has 0 radical (unpaired) electrons. The van der Waals surface area contributed by atoms with Crippen molar-refractivity contribution in [2.75, 3.05) is 5.32 Å². The van der Waals surface area contributed by atoms with Crippen LogP contribution in [-0.4, -0.2) is 15.0 Å². The van der Waals surface area contributed by atoms with Gasteiger partial charge in [-0.3, -0.25) is 4.98 Å². The Hall–Kier alpha value is -1.84. The lowest BCUT2D eigenvalue weighted by Crippen LogP contribution is -2.03. The Morgan fingerprint density at radius 3 is 3.00 bits per heavy atom. The van der Waals surface area contributed by atoms with Crippen LogP contribution in [0.4, 0.5) is 5.69 Å². The molecule has 2 heterocycles. The van der Waals surface area contributed by atoms with Crippen LogP contribution in [0.3, 0.4) is 0 Å². The van der Waals surface area contributed by atoms with Gasteiger partial charge in [0.25, 0.3) is 0 Å². The minimum absolute atomic E-state index is 0.694. The van der Waals surface area contributed by atoms with Crippen LogP contribution in [0.5, 0.6) is 0 Å². The highest BCUT2D eigenvalue weighted by atomic mass is 15.0. The predicted molar refractivity (Wildman–Crippen MR) is 54.9 cm³/mol. The van der Waals surface area contributed by atoms with E-state index in [0.29, 0.717) is 6.54 Å². The molecule has 2 N–H and O–H groups in total. The number of H-pyrrole nitrogens is 1. The summed E-state index contributed by atoms with van der Waals surface area (Å²) in [7, 11) is 0. The van der Waals surface area contributed by atoms with Crippen LogP contribution in [0.1, 0.15) is 11.5 Å². The van der Waals surface area contributed by atoms with Crippen LogP contribution in [0.2, 0.25) is 0 Å². The summed E-state index contributed by atoms with van der Waals surface area (Å²) in [5.41, 5.74) is 2.04. The highest BCUT2D eigenvalue weighted by Crippen LogP contribution is 2.10. The first-order valence-electron chi connectivity index (χ1n) is 4.50. The number of hydrogen-bond donors (Lipinski definition) is 2. The SMILES string of the molecule is Cc1ncccc1NCc1ncc[nH]1. The lowest BCUT2D eigenvalue weighted by molar-refractivity contribution is 0.992. The number of pyridine rings is 1. The summed E-state index contributed by atoms with van der Waals surface area (Å²) in [6.07, 6.45) is 5.34. The number of anilines is 1. The van der Waals surface area contributed by atoms with Gasteiger partial charge in [-0.25, -0.2) is 4.98 Å². The molecule has 0 saturated carbocycles. The molecule has 0 saturated heterocycles. The maximum atomic E-state index is 4.19. The minimum atomic E-state index is 0.694. The van der Waals surface area contributed by atoms with Crippen molar-refractivity contribution in [3.63, 3.8) is 0 Å². The number of aromatic nitrogens is 3. The van der Waals surface area contributed by atoms with E-state index in [9.17, 15) is 0 Å². The summed E-state index contributed by atoms with van der Waals surface area (Å²) >= 11 is 0. The van der Waals surface area contributed by atoms with E-state index >= 15 is 0 Å². The summed E-state index contributed by atoms with van der Waals surface area (Å²) in [4.78, 5) is 11.3. The van der Waals surface area contributed by atoms with Crippen molar-refractivity contribution in [1.82, 2.24) is 15.0 Å². The number of nitrogens with one attached hydrogen (secondary N) is 2. The Labute approximate surface area is 82.4 Å². The molecule has 0 bridgehead atoms. The summed E-state index contributed by atoms with van der Waals surface area (Å²) in [6, 6.07) is 3.92. The van der Waals surface area contributed by atoms with Gasteiger partial charge in [0, 0.05) is 18.6 Å². The first-order valence-corrected chi connectivity index (χ1v) is 4.50. The Bertz CT molecular complexity index is 394. The first kappa shape index (κ1) is 8.74. The molecule has 0 amide bonds. The molecule has 2 aromatic rings. The smallest absolute Gasteiger partial charge is 0.125 e. The molecule has 0 aliphatic carbocycles. The zero-order valence-corrected chi connectivity index (χ0v) is 7.99. The highest BCUT2D eigenvalue weighted by molar-refractivity contribution is 5.46. The van der Waals surface area contributed by atoms with Gasteiger partial charge in [0.1, 0.15) is 5.82 Å². The van der Waals surface area contributed by atoms with Crippen LogP contribution in [-0.2, 0) is 6.54 Å². The van der Waals surface area contributed by atoms with Gasteiger partial charge >= 0.3 is 0 Å². The van der Waals surface area contributed by atoms with Crippen LogP contribution >= 0.6 is 0 Å². The van der Waals surface area contributed by atoms with Gasteiger partial charge in [0.15, 0.2) is 0 Å². The van der Waals surface area contributed by atoms with E-state index in [1.807, 2.05) is 25.3 Å². The first-order chi connectivity index (χ1) is 6.86. The molecule has 0 spiro atoms. The van der Waals surface area contributed by atoms with Crippen molar-refractivity contribution in [3.05, 3.63) is 42.2 Å². The number of imidazole rings is 1. The largest absolute Gasteiger partial charge is 0.376 e. The van der Waals surface area contributed by atoms with Crippen LogP contribution < -0.4 is 5.32 Å². The summed E-state index contributed by atoms with van der Waals surface area (Å²) in [5, 5.41) is 3.26. The fraction of sp³-hybridized carbons (Fsp3) is 0.200. The average molecular weight is 188 g/mol. The molecule has 0 fully saturated rings. The molecule has 0 unspecified atom stereocenters. The van der Waals surface area contributed by atoms with Crippen LogP contribution in [0.15, 0.2) is 30.7 Å². The van der Waals surface area contributed by atoms with Gasteiger partial charge in [-0.2, -0.15) is 0 Å². The van der Waals surface area contributed by atoms with E-state index in [2.05, 4.69) is 20.3 Å². The van der Waals surface area contributed by atoms with E-state index in [1.165, 1.54) is 0 Å². The standard InChI is InChI=1S/C10H12N4/c1-8-9(3-2-4-11-8)14-7-10-12-5-6-13-10/h2-6,14H,7H2,1H3,(H,12,13). The molecule has 0 atom stereocenters. The van der Waals surface area contributed by atoms with E-state index in [4.69, 9.17) is 0 Å². The molecule has 0 aliphatic heterocycles. The van der Waals surface area contributed by atoms with Crippen molar-refractivity contribution < 1.29 is 0 Å². The van der Waals surface area contributed by atoms with E-state index in [-0.39, 0.29) is 0 Å². The second-order valence-corrected chi connectivity index (χ2v) is 3.03. The van der Waals surface area contributed by atoms with Gasteiger partial charge in [-0.15, -0.1) is 0 Å². The molecular weight excluding hydrogens is 176 g/mol. The summed E-state index contributed by atoms with van der Waals surface area (Å²) in [5.74, 6) is 0.924. The maximum absolute atomic E-state index is 4.19. The average Bonchev–Trinajstić information content (AvgIpc) is 2.69. The Morgan fingerprint density at radius 1 is 1.36 bits per heavy atom. The Kier molecular flexibility index (Phi) is 2.44. The predicted octanol–water partition coefficient (Wildman–Crippen LogP) is 1.73. The molecule has 2 rings (SSSR count). The number of rotatable bonds is 3. The van der Waals surface area contributed by atoms with Gasteiger partial charge in [-0.05, 0) is 19.1 Å². The third kappa shape index (κ3) is 1.90. The van der Waals surface area contributed by atoms with E-state index in [0.717, 1.165) is 17.2 Å². The molecule has 0 aromatic carbocycles. The van der Waals surface area contributed by atoms with Crippen molar-refractivity contribution in [2.24, 2.45) is 0 Å². The summed E-state index contributed by atoms with van der Waals surface area (Å²) < 4.78 is 0. The third-order valence-corrected chi connectivity index (χ3v) is 2.01. The van der Waals surface area contributed by atoms with E-state index < -0.39 is 0 Å². The van der Waals surface area contributed by atoms with Crippen molar-refractivity contribution in [2.45, 2.75) is 13.5 Å². The Morgan fingerprint density at radius 2 is 2.29 bits per heavy atom. The van der Waals surface area contributed by atoms with Gasteiger partial charge in [-0.1, -0.05) is 0 Å². The topological polar surface area (TPSA) is 53.6 Å².